The van der Waals surface area contributed by atoms with Gasteiger partial charge in [-0.2, -0.15) is 4.31 Å². The highest BCUT2D eigenvalue weighted by Crippen LogP contribution is 2.39. The Balaban J connectivity index is 1.03. The second kappa shape index (κ2) is 13.9. The first-order valence-corrected chi connectivity index (χ1v) is 17.1. The van der Waals surface area contributed by atoms with Crippen molar-refractivity contribution in [2.75, 3.05) is 32.8 Å². The van der Waals surface area contributed by atoms with Crippen LogP contribution in [0.4, 0.5) is 0 Å². The minimum Gasteiger partial charge on any atom is -0.370 e. The zero-order chi connectivity index (χ0) is 29.0. The average Bonchev–Trinajstić information content (AvgIpc) is 3.66. The summed E-state index contributed by atoms with van der Waals surface area (Å²) in [5.74, 6) is 0.489. The van der Waals surface area contributed by atoms with E-state index in [1.165, 1.54) is 34.8 Å². The first-order valence-electron chi connectivity index (χ1n) is 14.5. The zero-order valence-corrected chi connectivity index (χ0v) is 26.2. The second-order valence-corrected chi connectivity index (χ2v) is 14.5. The fourth-order valence-corrected chi connectivity index (χ4v) is 9.43. The van der Waals surface area contributed by atoms with Crippen LogP contribution in [0.1, 0.15) is 63.0 Å². The van der Waals surface area contributed by atoms with Gasteiger partial charge in [-0.15, -0.1) is 0 Å². The molecule has 5 rings (SSSR count). The molecule has 2 aromatic carbocycles. The van der Waals surface area contributed by atoms with E-state index in [-0.39, 0.29) is 57.7 Å². The van der Waals surface area contributed by atoms with Crippen LogP contribution in [0.5, 0.6) is 0 Å². The number of rotatable bonds is 12. The van der Waals surface area contributed by atoms with Crippen LogP contribution < -0.4 is 5.32 Å². The van der Waals surface area contributed by atoms with Crippen molar-refractivity contribution in [3.63, 3.8) is 0 Å². The summed E-state index contributed by atoms with van der Waals surface area (Å²) in [5, 5.41) is 3.35. The number of benzene rings is 2. The minimum absolute atomic E-state index is 0.0143. The van der Waals surface area contributed by atoms with E-state index in [2.05, 4.69) is 40.5 Å². The lowest BCUT2D eigenvalue weighted by Gasteiger charge is -2.34. The van der Waals surface area contributed by atoms with Crippen LogP contribution in [0.3, 0.4) is 0 Å². The molecule has 3 fully saturated rings. The zero-order valence-electron chi connectivity index (χ0n) is 23.1. The molecular formula is C30H38Cl3N3O4S. The van der Waals surface area contributed by atoms with E-state index in [0.717, 1.165) is 51.6 Å². The van der Waals surface area contributed by atoms with Crippen molar-refractivity contribution in [3.05, 3.63) is 63.1 Å². The predicted octanol–water partition coefficient (Wildman–Crippen LogP) is 6.33. The van der Waals surface area contributed by atoms with Crippen LogP contribution in [-0.4, -0.2) is 68.5 Å². The predicted molar refractivity (Wildman–Crippen MR) is 163 cm³/mol. The van der Waals surface area contributed by atoms with E-state index in [9.17, 15) is 13.2 Å². The lowest BCUT2D eigenvalue weighted by Crippen LogP contribution is -2.41. The molecule has 1 heterocycles. The van der Waals surface area contributed by atoms with Crippen molar-refractivity contribution in [1.82, 2.24) is 14.5 Å². The lowest BCUT2D eigenvalue weighted by atomic mass is 9.85. The number of carbonyl (C=O) groups is 1. The third-order valence-electron chi connectivity index (χ3n) is 8.43. The van der Waals surface area contributed by atoms with Crippen molar-refractivity contribution < 1.29 is 17.9 Å². The molecule has 1 aliphatic heterocycles. The van der Waals surface area contributed by atoms with Gasteiger partial charge in [0.1, 0.15) is 11.5 Å². The Labute approximate surface area is 258 Å². The Hall–Kier alpha value is -1.39. The fourth-order valence-electron chi connectivity index (χ4n) is 6.26. The first kappa shape index (κ1) is 31.0. The number of nitrogens with zero attached hydrogens (tertiary/aromatic N) is 2. The molecule has 2 saturated carbocycles. The molecule has 1 unspecified atom stereocenters. The van der Waals surface area contributed by atoms with E-state index < -0.39 is 10.0 Å². The molecule has 11 heteroatoms. The van der Waals surface area contributed by atoms with E-state index in [1.54, 1.807) is 0 Å². The van der Waals surface area contributed by atoms with Crippen molar-refractivity contribution in [3.8, 4) is 0 Å². The number of halogens is 3. The van der Waals surface area contributed by atoms with E-state index in [4.69, 9.17) is 39.5 Å². The maximum atomic E-state index is 13.4. The molecule has 0 radical (unpaired) electrons. The molecule has 3 aliphatic rings. The highest BCUT2D eigenvalue weighted by Gasteiger charge is 2.40. The van der Waals surface area contributed by atoms with Crippen molar-refractivity contribution >= 4 is 50.7 Å². The highest BCUT2D eigenvalue weighted by atomic mass is 35.5. The van der Waals surface area contributed by atoms with Crippen LogP contribution in [-0.2, 0) is 19.6 Å². The van der Waals surface area contributed by atoms with Gasteiger partial charge in [0.05, 0.1) is 16.7 Å². The van der Waals surface area contributed by atoms with Gasteiger partial charge in [-0.3, -0.25) is 9.69 Å². The molecule has 2 aromatic rings. The SMILES string of the molecule is O=C(COCCN(C1CC1)S(=O)(=O)c1c(Cl)cc(Cl)cc1Cl)NC1CCC(CN2CCCC2c2ccccc2)CC1. The molecule has 0 bridgehead atoms. The summed E-state index contributed by atoms with van der Waals surface area (Å²) in [6, 6.07) is 14.1. The molecule has 1 amide bonds. The number of hydrogen-bond donors (Lipinski definition) is 1. The summed E-state index contributed by atoms with van der Waals surface area (Å²) in [6.07, 6.45) is 8.14. The van der Waals surface area contributed by atoms with E-state index >= 15 is 0 Å². The maximum Gasteiger partial charge on any atom is 0.246 e. The van der Waals surface area contributed by atoms with Crippen LogP contribution in [0.25, 0.3) is 0 Å². The maximum absolute atomic E-state index is 13.4. The lowest BCUT2D eigenvalue weighted by molar-refractivity contribution is -0.126. The third kappa shape index (κ3) is 7.96. The van der Waals surface area contributed by atoms with Gasteiger partial charge in [0.2, 0.25) is 15.9 Å². The largest absolute Gasteiger partial charge is 0.370 e. The number of hydrogen-bond acceptors (Lipinski definition) is 5. The van der Waals surface area contributed by atoms with Crippen molar-refractivity contribution in [2.45, 2.75) is 74.4 Å². The third-order valence-corrected chi connectivity index (χ3v) is 11.5. The van der Waals surface area contributed by atoms with Crippen LogP contribution in [0, 0.1) is 5.92 Å². The smallest absolute Gasteiger partial charge is 0.246 e. The minimum atomic E-state index is -3.95. The van der Waals surface area contributed by atoms with Gasteiger partial charge < -0.3 is 10.1 Å². The van der Waals surface area contributed by atoms with E-state index in [0.29, 0.717) is 12.0 Å². The van der Waals surface area contributed by atoms with Gasteiger partial charge in [0, 0.05) is 36.2 Å². The first-order chi connectivity index (χ1) is 19.7. The molecular weight excluding hydrogens is 605 g/mol. The molecule has 2 aliphatic carbocycles. The van der Waals surface area contributed by atoms with Gasteiger partial charge in [0.25, 0.3) is 0 Å². The van der Waals surface area contributed by atoms with Crippen molar-refractivity contribution in [1.29, 1.82) is 0 Å². The molecule has 0 aromatic heterocycles. The highest BCUT2D eigenvalue weighted by molar-refractivity contribution is 7.89. The fraction of sp³-hybridized carbons (Fsp3) is 0.567. The molecule has 7 nitrogen and oxygen atoms in total. The number of sulfonamides is 1. The number of likely N-dealkylation sites (tertiary alicyclic amines) is 1. The normalized spacial score (nSPS) is 23.7. The Bertz CT molecular complexity index is 1280. The molecule has 1 saturated heterocycles. The molecule has 1 atom stereocenters. The topological polar surface area (TPSA) is 78.9 Å². The summed E-state index contributed by atoms with van der Waals surface area (Å²) >= 11 is 18.4. The Kier molecular flexibility index (Phi) is 10.6. The van der Waals surface area contributed by atoms with Gasteiger partial charge in [-0.1, -0.05) is 65.1 Å². The van der Waals surface area contributed by atoms with Gasteiger partial charge in [-0.25, -0.2) is 8.42 Å². The summed E-state index contributed by atoms with van der Waals surface area (Å²) in [7, 11) is -3.95. The molecule has 224 valence electrons. The van der Waals surface area contributed by atoms with Gasteiger partial charge in [-0.05, 0) is 81.5 Å². The summed E-state index contributed by atoms with van der Waals surface area (Å²) in [6.45, 7) is 2.38. The number of carbonyl (C=O) groups excluding carboxylic acids is 1. The summed E-state index contributed by atoms with van der Waals surface area (Å²) in [5.41, 5.74) is 1.42. The number of nitrogens with one attached hydrogen (secondary N) is 1. The molecule has 41 heavy (non-hydrogen) atoms. The van der Waals surface area contributed by atoms with E-state index in [1.807, 2.05) is 0 Å². The quantitative estimate of drug-likeness (QED) is 0.274. The standard InChI is InChI=1S/C30H38Cl3N3O4S/c31-23-17-26(32)30(27(33)18-23)41(38,39)36(25-12-13-25)15-16-40-20-29(37)34-24-10-8-21(9-11-24)19-35-14-4-7-28(35)22-5-2-1-3-6-22/h1-3,5-6,17-18,21,24-25,28H,4,7-16,19-20H2,(H,34,37). The molecule has 0 spiro atoms. The van der Waals surface area contributed by atoms with Crippen LogP contribution in [0.15, 0.2) is 47.4 Å². The number of amides is 1. The summed E-state index contributed by atoms with van der Waals surface area (Å²) in [4.78, 5) is 15.1. The summed E-state index contributed by atoms with van der Waals surface area (Å²) < 4.78 is 33.7. The van der Waals surface area contributed by atoms with Gasteiger partial charge >= 0.3 is 0 Å². The Morgan fingerprint density at radius 2 is 1.66 bits per heavy atom. The van der Waals surface area contributed by atoms with Crippen LogP contribution >= 0.6 is 34.8 Å². The monoisotopic (exact) mass is 641 g/mol. The van der Waals surface area contributed by atoms with Gasteiger partial charge in [0.15, 0.2) is 0 Å². The van der Waals surface area contributed by atoms with Crippen molar-refractivity contribution in [2.24, 2.45) is 5.92 Å². The average molecular weight is 643 g/mol. The number of ether oxygens (including phenoxy) is 1. The Morgan fingerprint density at radius 1 is 0.976 bits per heavy atom. The second-order valence-electron chi connectivity index (χ2n) is 11.4. The molecule has 1 N–H and O–H groups in total. The Morgan fingerprint density at radius 3 is 2.32 bits per heavy atom. The van der Waals surface area contributed by atoms with Crippen LogP contribution in [0.2, 0.25) is 15.1 Å².